The van der Waals surface area contributed by atoms with Crippen LogP contribution in [0.2, 0.25) is 19.6 Å². The van der Waals surface area contributed by atoms with Gasteiger partial charge in [-0.1, -0.05) is 257 Å². The molecule has 0 bridgehead atoms. The lowest BCUT2D eigenvalue weighted by Crippen LogP contribution is -2.38. The van der Waals surface area contributed by atoms with Crippen molar-refractivity contribution in [1.29, 1.82) is 0 Å². The fourth-order valence-electron chi connectivity index (χ4n) is 10.9. The molecule has 0 unspecified atom stereocenters. The number of rotatable bonds is 13. The quantitative estimate of drug-likeness (QED) is 0.104. The van der Waals surface area contributed by atoms with Crippen molar-refractivity contribution < 1.29 is 0 Å². The van der Waals surface area contributed by atoms with Gasteiger partial charge in [-0.25, -0.2) is 0 Å². The summed E-state index contributed by atoms with van der Waals surface area (Å²) < 4.78 is 0. The normalized spacial score (nSPS) is 12.6. The minimum Gasteiger partial charge on any atom is -0.310 e. The summed E-state index contributed by atoms with van der Waals surface area (Å²) in [7, 11) is -1.61. The van der Waals surface area contributed by atoms with Crippen LogP contribution in [0.5, 0.6) is 0 Å². The molecule has 0 heterocycles. The second kappa shape index (κ2) is 19.2. The van der Waals surface area contributed by atoms with Crippen molar-refractivity contribution in [3.05, 3.63) is 277 Å². The number of hydrogen-bond acceptors (Lipinski definition) is 1. The van der Waals surface area contributed by atoms with Gasteiger partial charge in [0.25, 0.3) is 0 Å². The SMILES string of the molecule is CC1(C)c2cc([Si](C)(C)C)ccc2-c2c(N(c3ccc(-c4ccccc4)cc3)c3ccc(-c4ccccc4)cc3)cc(CCC(c3ccc(-c4ccccc4)cc3)c3ccc(-c4ccccc4)cc3)cc21. The lowest BCUT2D eigenvalue weighted by molar-refractivity contribution is 0.657. The first-order chi connectivity index (χ1) is 34.6. The van der Waals surface area contributed by atoms with E-state index in [1.807, 2.05) is 0 Å². The van der Waals surface area contributed by atoms with E-state index in [1.165, 1.54) is 94.3 Å². The smallest absolute Gasteiger partial charge is 0.0776 e. The van der Waals surface area contributed by atoms with Gasteiger partial charge in [-0.3, -0.25) is 0 Å². The van der Waals surface area contributed by atoms with Crippen molar-refractivity contribution in [2.75, 3.05) is 4.90 Å². The molecule has 0 atom stereocenters. The van der Waals surface area contributed by atoms with Crippen LogP contribution >= 0.6 is 0 Å². The van der Waals surface area contributed by atoms with E-state index in [0.29, 0.717) is 0 Å². The summed E-state index contributed by atoms with van der Waals surface area (Å²) in [4.78, 5) is 2.53. The maximum Gasteiger partial charge on any atom is 0.0776 e. The first-order valence-corrected chi connectivity index (χ1v) is 28.8. The molecule has 1 aliphatic carbocycles. The summed E-state index contributed by atoms with van der Waals surface area (Å²) in [6.07, 6.45) is 1.87. The second-order valence-electron chi connectivity index (χ2n) is 20.9. The summed E-state index contributed by atoms with van der Waals surface area (Å²) >= 11 is 0. The van der Waals surface area contributed by atoms with Crippen LogP contribution in [-0.4, -0.2) is 8.07 Å². The molecule has 10 aromatic rings. The topological polar surface area (TPSA) is 3.24 Å². The van der Waals surface area contributed by atoms with Gasteiger partial charge in [0, 0.05) is 28.3 Å². The minimum absolute atomic E-state index is 0.193. The van der Waals surface area contributed by atoms with Gasteiger partial charge < -0.3 is 4.90 Å². The molecule has 71 heavy (non-hydrogen) atoms. The Morgan fingerprint density at radius 2 is 0.775 bits per heavy atom. The highest BCUT2D eigenvalue weighted by Crippen LogP contribution is 2.55. The third-order valence-corrected chi connectivity index (χ3v) is 17.0. The Balaban J connectivity index is 1.06. The molecule has 0 spiro atoms. The summed E-state index contributed by atoms with van der Waals surface area (Å²) in [6, 6.07) is 92.5. The van der Waals surface area contributed by atoms with Crippen LogP contribution in [0.25, 0.3) is 55.6 Å². The number of aryl methyl sites for hydroxylation is 1. The molecule has 2 heteroatoms. The molecule has 0 saturated carbocycles. The lowest BCUT2D eigenvalue weighted by Gasteiger charge is -2.30. The van der Waals surface area contributed by atoms with Gasteiger partial charge in [0.1, 0.15) is 0 Å². The van der Waals surface area contributed by atoms with Crippen molar-refractivity contribution in [1.82, 2.24) is 0 Å². The van der Waals surface area contributed by atoms with Crippen LogP contribution in [0.4, 0.5) is 17.1 Å². The molecule has 0 radical (unpaired) electrons. The predicted octanol–water partition coefficient (Wildman–Crippen LogP) is 18.4. The summed E-state index contributed by atoms with van der Waals surface area (Å²) in [5, 5.41) is 1.50. The van der Waals surface area contributed by atoms with Crippen molar-refractivity contribution in [2.24, 2.45) is 0 Å². The number of nitrogens with zero attached hydrogens (tertiary/aromatic N) is 1. The van der Waals surface area contributed by atoms with Crippen LogP contribution in [-0.2, 0) is 11.8 Å². The monoisotopic (exact) mass is 931 g/mol. The molecule has 0 aromatic heterocycles. The highest BCUT2D eigenvalue weighted by Gasteiger charge is 2.39. The molecule has 0 aliphatic heterocycles. The third kappa shape index (κ3) is 9.24. The van der Waals surface area contributed by atoms with E-state index in [9.17, 15) is 0 Å². The Morgan fingerprint density at radius 1 is 0.394 bits per heavy atom. The second-order valence-corrected chi connectivity index (χ2v) is 26.0. The number of hydrogen-bond donors (Lipinski definition) is 0. The van der Waals surface area contributed by atoms with E-state index in [1.54, 1.807) is 0 Å². The van der Waals surface area contributed by atoms with Crippen molar-refractivity contribution in [3.63, 3.8) is 0 Å². The maximum absolute atomic E-state index is 2.57. The van der Waals surface area contributed by atoms with Gasteiger partial charge in [0.15, 0.2) is 0 Å². The number of anilines is 3. The minimum atomic E-state index is -1.61. The van der Waals surface area contributed by atoms with Crippen molar-refractivity contribution in [3.8, 4) is 55.6 Å². The molecule has 1 nitrogen and oxygen atoms in total. The molecule has 1 aliphatic rings. The Labute approximate surface area is 422 Å². The van der Waals surface area contributed by atoms with Gasteiger partial charge in [-0.15, -0.1) is 0 Å². The first-order valence-electron chi connectivity index (χ1n) is 25.3. The van der Waals surface area contributed by atoms with E-state index in [0.717, 1.165) is 24.2 Å². The molecular formula is C69H61NSi. The highest BCUT2D eigenvalue weighted by molar-refractivity contribution is 6.88. The Bertz CT molecular complexity index is 3240. The number of fused-ring (bicyclic) bond motifs is 3. The zero-order valence-electron chi connectivity index (χ0n) is 41.6. The largest absolute Gasteiger partial charge is 0.310 e. The van der Waals surface area contributed by atoms with Gasteiger partial charge in [0.2, 0.25) is 0 Å². The fraction of sp³-hybridized carbons (Fsp3) is 0.130. The average Bonchev–Trinajstić information content (AvgIpc) is 3.65. The number of benzene rings is 10. The first kappa shape index (κ1) is 45.6. The Hall–Kier alpha value is -7.78. The molecular weight excluding hydrogens is 871 g/mol. The van der Waals surface area contributed by atoms with Crippen LogP contribution in [0, 0.1) is 0 Å². The summed E-state index contributed by atoms with van der Waals surface area (Å²) in [6.45, 7) is 12.3. The van der Waals surface area contributed by atoms with Gasteiger partial charge >= 0.3 is 0 Å². The van der Waals surface area contributed by atoms with Crippen molar-refractivity contribution in [2.45, 2.75) is 57.7 Å². The zero-order valence-corrected chi connectivity index (χ0v) is 42.6. The highest BCUT2D eigenvalue weighted by atomic mass is 28.3. The maximum atomic E-state index is 2.57. The van der Waals surface area contributed by atoms with E-state index in [2.05, 4.69) is 287 Å². The summed E-state index contributed by atoms with van der Waals surface area (Å²) in [5.41, 5.74) is 22.6. The zero-order chi connectivity index (χ0) is 48.5. The molecule has 0 N–H and O–H groups in total. The van der Waals surface area contributed by atoms with Crippen LogP contribution in [0.1, 0.15) is 54.0 Å². The predicted molar refractivity (Wildman–Crippen MR) is 306 cm³/mol. The van der Waals surface area contributed by atoms with Gasteiger partial charge in [-0.05, 0) is 121 Å². The Kier molecular flexibility index (Phi) is 12.3. The molecule has 346 valence electrons. The lowest BCUT2D eigenvalue weighted by atomic mass is 9.80. The Morgan fingerprint density at radius 3 is 1.17 bits per heavy atom. The average molecular weight is 932 g/mol. The summed E-state index contributed by atoms with van der Waals surface area (Å²) in [5.74, 6) is 0.193. The molecule has 0 fully saturated rings. The molecule has 0 amide bonds. The molecule has 10 aromatic carbocycles. The molecule has 0 saturated heterocycles. The van der Waals surface area contributed by atoms with Crippen LogP contribution in [0.15, 0.2) is 249 Å². The van der Waals surface area contributed by atoms with Crippen LogP contribution in [0.3, 0.4) is 0 Å². The van der Waals surface area contributed by atoms with Gasteiger partial charge in [-0.2, -0.15) is 0 Å². The fourth-order valence-corrected chi connectivity index (χ4v) is 12.0. The standard InChI is InChI=1S/C69H61NSi/c1-69(2)65-48-62(71(3,4)5)43-45-64(65)68-66(69)46-49(26-44-63(58-31-27-54(28-32-58)50-18-10-6-11-19-50)59-33-29-55(30-34-59)51-20-12-7-13-21-51)47-67(68)70(60-39-35-56(36-40-60)52-22-14-8-15-23-52)61-41-37-57(38-42-61)53-24-16-9-17-25-53/h6-25,27-43,45-48,63H,26,44H2,1-5H3. The van der Waals surface area contributed by atoms with E-state index in [4.69, 9.17) is 0 Å². The third-order valence-electron chi connectivity index (χ3n) is 14.9. The van der Waals surface area contributed by atoms with E-state index in [-0.39, 0.29) is 11.3 Å². The van der Waals surface area contributed by atoms with E-state index < -0.39 is 8.07 Å². The molecule has 11 rings (SSSR count). The van der Waals surface area contributed by atoms with Gasteiger partial charge in [0.05, 0.1) is 13.8 Å². The van der Waals surface area contributed by atoms with E-state index >= 15 is 0 Å². The van der Waals surface area contributed by atoms with Crippen molar-refractivity contribution >= 4 is 30.3 Å². The van der Waals surface area contributed by atoms with Crippen LogP contribution < -0.4 is 10.1 Å².